The van der Waals surface area contributed by atoms with Crippen molar-refractivity contribution in [1.82, 2.24) is 10.6 Å². The maximum atomic E-state index is 12.0. The van der Waals surface area contributed by atoms with E-state index in [2.05, 4.69) is 26.6 Å². The average molecular weight is 339 g/mol. The molecule has 4 heteroatoms. The predicted octanol–water partition coefficient (Wildman–Crippen LogP) is 3.49. The molecular formula is C16H23BrN2O. The minimum atomic E-state index is -0.0138. The van der Waals surface area contributed by atoms with Gasteiger partial charge in [-0.2, -0.15) is 0 Å². The van der Waals surface area contributed by atoms with Crippen molar-refractivity contribution in [2.24, 2.45) is 0 Å². The molecule has 2 rings (SSSR count). The van der Waals surface area contributed by atoms with Crippen molar-refractivity contribution >= 4 is 21.8 Å². The molecule has 1 amide bonds. The van der Waals surface area contributed by atoms with Crippen LogP contribution in [0, 0.1) is 0 Å². The van der Waals surface area contributed by atoms with E-state index in [1.165, 1.54) is 38.5 Å². The van der Waals surface area contributed by atoms with Crippen molar-refractivity contribution in [3.8, 4) is 0 Å². The Hall–Kier alpha value is -0.870. The van der Waals surface area contributed by atoms with E-state index in [1.807, 2.05) is 24.3 Å². The molecule has 0 unspecified atom stereocenters. The van der Waals surface area contributed by atoms with E-state index in [1.54, 1.807) is 0 Å². The second-order valence-electron chi connectivity index (χ2n) is 5.38. The minimum absolute atomic E-state index is 0.0138. The molecule has 0 aliphatic heterocycles. The van der Waals surface area contributed by atoms with Crippen LogP contribution in [0.15, 0.2) is 28.7 Å². The van der Waals surface area contributed by atoms with E-state index >= 15 is 0 Å². The summed E-state index contributed by atoms with van der Waals surface area (Å²) in [7, 11) is 0. The first-order chi connectivity index (χ1) is 9.77. The third kappa shape index (κ3) is 4.91. The highest BCUT2D eigenvalue weighted by atomic mass is 79.9. The van der Waals surface area contributed by atoms with Crippen LogP contribution in [0.25, 0.3) is 0 Å². The van der Waals surface area contributed by atoms with Gasteiger partial charge in [-0.25, -0.2) is 0 Å². The molecule has 0 radical (unpaired) electrons. The summed E-state index contributed by atoms with van der Waals surface area (Å²) in [5.41, 5.74) is 0.696. The number of carbonyl (C=O) groups excluding carboxylic acids is 1. The number of carbonyl (C=O) groups is 1. The Morgan fingerprint density at radius 2 is 1.80 bits per heavy atom. The fraction of sp³-hybridized carbons (Fsp3) is 0.562. The summed E-state index contributed by atoms with van der Waals surface area (Å²) < 4.78 is 0.842. The molecule has 1 aromatic carbocycles. The second-order valence-corrected chi connectivity index (χ2v) is 6.23. The number of amides is 1. The standard InChI is InChI=1S/C16H23BrN2O/c17-15-10-6-5-9-14(15)16(20)19-12-11-18-13-7-3-1-2-4-8-13/h5-6,9-10,13,18H,1-4,7-8,11-12H2,(H,19,20). The van der Waals surface area contributed by atoms with E-state index in [9.17, 15) is 4.79 Å². The van der Waals surface area contributed by atoms with E-state index in [-0.39, 0.29) is 5.91 Å². The lowest BCUT2D eigenvalue weighted by Gasteiger charge is -2.16. The van der Waals surface area contributed by atoms with E-state index < -0.39 is 0 Å². The summed E-state index contributed by atoms with van der Waals surface area (Å²) in [6.45, 7) is 1.53. The molecule has 0 bridgehead atoms. The van der Waals surface area contributed by atoms with Gasteiger partial charge in [0.25, 0.3) is 5.91 Å². The summed E-state index contributed by atoms with van der Waals surface area (Å²) in [6, 6.07) is 8.15. The largest absolute Gasteiger partial charge is 0.351 e. The van der Waals surface area contributed by atoms with Crippen molar-refractivity contribution in [2.45, 2.75) is 44.6 Å². The van der Waals surface area contributed by atoms with Crippen LogP contribution in [0.3, 0.4) is 0 Å². The quantitative estimate of drug-likeness (QED) is 0.637. The monoisotopic (exact) mass is 338 g/mol. The number of rotatable bonds is 5. The lowest BCUT2D eigenvalue weighted by molar-refractivity contribution is 0.0952. The van der Waals surface area contributed by atoms with Crippen LogP contribution in [0.1, 0.15) is 48.9 Å². The van der Waals surface area contributed by atoms with Crippen molar-refractivity contribution in [2.75, 3.05) is 13.1 Å². The molecule has 0 atom stereocenters. The van der Waals surface area contributed by atoms with E-state index in [4.69, 9.17) is 0 Å². The first-order valence-electron chi connectivity index (χ1n) is 7.53. The molecule has 1 aliphatic carbocycles. The second kappa shape index (κ2) is 8.42. The van der Waals surface area contributed by atoms with Crippen molar-refractivity contribution in [3.63, 3.8) is 0 Å². The fourth-order valence-electron chi connectivity index (χ4n) is 2.68. The van der Waals surface area contributed by atoms with Crippen LogP contribution >= 0.6 is 15.9 Å². The number of hydrogen-bond acceptors (Lipinski definition) is 2. The highest BCUT2D eigenvalue weighted by Crippen LogP contribution is 2.17. The number of halogens is 1. The molecule has 1 fully saturated rings. The van der Waals surface area contributed by atoms with Gasteiger partial charge >= 0.3 is 0 Å². The highest BCUT2D eigenvalue weighted by Gasteiger charge is 2.12. The van der Waals surface area contributed by atoms with Gasteiger partial charge in [-0.15, -0.1) is 0 Å². The summed E-state index contributed by atoms with van der Waals surface area (Å²) in [4.78, 5) is 12.0. The average Bonchev–Trinajstić information content (AvgIpc) is 2.72. The molecule has 1 aliphatic rings. The Kier molecular flexibility index (Phi) is 6.54. The molecule has 1 aromatic rings. The van der Waals surface area contributed by atoms with Crippen LogP contribution in [-0.2, 0) is 0 Å². The Morgan fingerprint density at radius 1 is 1.10 bits per heavy atom. The lowest BCUT2D eigenvalue weighted by Crippen LogP contribution is -2.36. The van der Waals surface area contributed by atoms with Gasteiger partial charge in [-0.05, 0) is 40.9 Å². The number of nitrogens with one attached hydrogen (secondary N) is 2. The number of hydrogen-bond donors (Lipinski definition) is 2. The zero-order valence-corrected chi connectivity index (χ0v) is 13.4. The molecule has 0 spiro atoms. The third-order valence-electron chi connectivity index (χ3n) is 3.82. The van der Waals surface area contributed by atoms with Gasteiger partial charge in [-0.3, -0.25) is 4.79 Å². The first-order valence-corrected chi connectivity index (χ1v) is 8.33. The van der Waals surface area contributed by atoms with Crippen molar-refractivity contribution in [3.05, 3.63) is 34.3 Å². The van der Waals surface area contributed by atoms with Gasteiger partial charge < -0.3 is 10.6 Å². The van der Waals surface area contributed by atoms with Crippen LogP contribution in [0.4, 0.5) is 0 Å². The summed E-state index contributed by atoms with van der Waals surface area (Å²) >= 11 is 3.40. The Morgan fingerprint density at radius 3 is 2.50 bits per heavy atom. The van der Waals surface area contributed by atoms with Gasteiger partial charge in [0, 0.05) is 23.6 Å². The first kappa shape index (κ1) is 15.5. The smallest absolute Gasteiger partial charge is 0.252 e. The van der Waals surface area contributed by atoms with Gasteiger partial charge in [0.1, 0.15) is 0 Å². The normalized spacial score (nSPS) is 16.6. The van der Waals surface area contributed by atoms with Crippen molar-refractivity contribution in [1.29, 1.82) is 0 Å². The fourth-order valence-corrected chi connectivity index (χ4v) is 3.14. The Bertz CT molecular complexity index is 428. The molecule has 0 saturated heterocycles. The van der Waals surface area contributed by atoms with Crippen LogP contribution < -0.4 is 10.6 Å². The summed E-state index contributed by atoms with van der Waals surface area (Å²) in [5, 5.41) is 6.52. The van der Waals surface area contributed by atoms with Gasteiger partial charge in [0.05, 0.1) is 5.56 Å². The zero-order valence-electron chi connectivity index (χ0n) is 11.8. The molecule has 3 nitrogen and oxygen atoms in total. The van der Waals surface area contributed by atoms with E-state index in [0.29, 0.717) is 18.2 Å². The van der Waals surface area contributed by atoms with Gasteiger partial charge in [-0.1, -0.05) is 37.8 Å². The third-order valence-corrected chi connectivity index (χ3v) is 4.51. The zero-order chi connectivity index (χ0) is 14.2. The Labute approximate surface area is 129 Å². The topological polar surface area (TPSA) is 41.1 Å². The van der Waals surface area contributed by atoms with E-state index in [0.717, 1.165) is 11.0 Å². The minimum Gasteiger partial charge on any atom is -0.351 e. The van der Waals surface area contributed by atoms with Crippen LogP contribution in [-0.4, -0.2) is 25.0 Å². The highest BCUT2D eigenvalue weighted by molar-refractivity contribution is 9.10. The molecule has 20 heavy (non-hydrogen) atoms. The molecule has 2 N–H and O–H groups in total. The van der Waals surface area contributed by atoms with Gasteiger partial charge in [0.2, 0.25) is 0 Å². The lowest BCUT2D eigenvalue weighted by atomic mass is 10.1. The molecule has 1 saturated carbocycles. The van der Waals surface area contributed by atoms with Crippen LogP contribution in [0.5, 0.6) is 0 Å². The Balaban J connectivity index is 1.68. The maximum Gasteiger partial charge on any atom is 0.252 e. The number of benzene rings is 1. The molecule has 110 valence electrons. The van der Waals surface area contributed by atoms with Crippen molar-refractivity contribution < 1.29 is 4.79 Å². The summed E-state index contributed by atoms with van der Waals surface area (Å²) in [5.74, 6) is -0.0138. The molecule has 0 heterocycles. The SMILES string of the molecule is O=C(NCCNC1CCCCCC1)c1ccccc1Br. The summed E-state index contributed by atoms with van der Waals surface area (Å²) in [6.07, 6.45) is 7.96. The maximum absolute atomic E-state index is 12.0. The van der Waals surface area contributed by atoms with Gasteiger partial charge in [0.15, 0.2) is 0 Å². The molecular weight excluding hydrogens is 316 g/mol. The molecule has 0 aromatic heterocycles. The predicted molar refractivity (Wildman–Crippen MR) is 86.0 cm³/mol. The van der Waals surface area contributed by atoms with Crippen LogP contribution in [0.2, 0.25) is 0 Å².